The summed E-state index contributed by atoms with van der Waals surface area (Å²) in [6.45, 7) is 9.61. The molecule has 1 unspecified atom stereocenters. The zero-order valence-corrected chi connectivity index (χ0v) is 11.1. The summed E-state index contributed by atoms with van der Waals surface area (Å²) < 4.78 is 0. The molecule has 0 fully saturated rings. The van der Waals surface area contributed by atoms with Crippen LogP contribution < -0.4 is 5.73 Å². The van der Waals surface area contributed by atoms with Crippen LogP contribution in [0.25, 0.3) is 0 Å². The predicted molar refractivity (Wildman–Crippen MR) is 71.8 cm³/mol. The summed E-state index contributed by atoms with van der Waals surface area (Å²) >= 11 is 0. The molecule has 1 atom stereocenters. The van der Waals surface area contributed by atoms with E-state index in [4.69, 9.17) is 5.73 Å². The van der Waals surface area contributed by atoms with Crippen LogP contribution in [0.15, 0.2) is 18.2 Å². The van der Waals surface area contributed by atoms with Gasteiger partial charge in [0.25, 0.3) is 0 Å². The lowest BCUT2D eigenvalue weighted by atomic mass is 9.82. The predicted octanol–water partition coefficient (Wildman–Crippen LogP) is 3.78. The third-order valence-corrected chi connectivity index (χ3v) is 3.54. The molecule has 0 amide bonds. The first-order valence-corrected chi connectivity index (χ1v) is 6.40. The number of rotatable bonds is 5. The van der Waals surface area contributed by atoms with Gasteiger partial charge in [-0.3, -0.25) is 0 Å². The van der Waals surface area contributed by atoms with Crippen LogP contribution >= 0.6 is 0 Å². The van der Waals surface area contributed by atoms with Crippen molar-refractivity contribution in [1.82, 2.24) is 0 Å². The van der Waals surface area contributed by atoms with E-state index in [0.29, 0.717) is 11.8 Å². The Balaban J connectivity index is 3.02. The van der Waals surface area contributed by atoms with Crippen molar-refractivity contribution in [2.24, 2.45) is 11.7 Å². The average Bonchev–Trinajstić information content (AvgIpc) is 2.24. The molecule has 0 aliphatic carbocycles. The molecule has 1 aromatic carbocycles. The second-order valence-electron chi connectivity index (χ2n) is 4.84. The fourth-order valence-corrected chi connectivity index (χ4v) is 2.68. The SMILES string of the molecule is CCC(CC)C(CN)c1cc(C)cc(C)c1. The zero-order chi connectivity index (χ0) is 12.1. The Hall–Kier alpha value is -0.820. The van der Waals surface area contributed by atoms with E-state index in [1.807, 2.05) is 0 Å². The standard InChI is InChI=1S/C15H25N/c1-5-13(6-2)15(10-16)14-8-11(3)7-12(4)9-14/h7-9,13,15H,5-6,10,16H2,1-4H3. The van der Waals surface area contributed by atoms with Crippen LogP contribution in [0.4, 0.5) is 0 Å². The number of benzene rings is 1. The van der Waals surface area contributed by atoms with Gasteiger partial charge in [0, 0.05) is 0 Å². The lowest BCUT2D eigenvalue weighted by molar-refractivity contribution is 0.402. The van der Waals surface area contributed by atoms with E-state index in [1.54, 1.807) is 0 Å². The molecule has 2 N–H and O–H groups in total. The highest BCUT2D eigenvalue weighted by Crippen LogP contribution is 2.29. The minimum Gasteiger partial charge on any atom is -0.330 e. The molecule has 0 saturated heterocycles. The minimum atomic E-state index is 0.522. The van der Waals surface area contributed by atoms with Gasteiger partial charge in [-0.15, -0.1) is 0 Å². The van der Waals surface area contributed by atoms with E-state index in [-0.39, 0.29) is 0 Å². The van der Waals surface area contributed by atoms with E-state index >= 15 is 0 Å². The zero-order valence-electron chi connectivity index (χ0n) is 11.1. The monoisotopic (exact) mass is 219 g/mol. The van der Waals surface area contributed by atoms with E-state index < -0.39 is 0 Å². The fourth-order valence-electron chi connectivity index (χ4n) is 2.68. The Morgan fingerprint density at radius 2 is 1.50 bits per heavy atom. The van der Waals surface area contributed by atoms with Crippen LogP contribution in [0.3, 0.4) is 0 Å². The molecule has 0 aliphatic rings. The number of nitrogens with two attached hydrogens (primary N) is 1. The van der Waals surface area contributed by atoms with Crippen molar-refractivity contribution in [1.29, 1.82) is 0 Å². The summed E-state index contributed by atoms with van der Waals surface area (Å²) in [6.07, 6.45) is 2.43. The van der Waals surface area contributed by atoms with Crippen molar-refractivity contribution in [3.63, 3.8) is 0 Å². The molecule has 0 bridgehead atoms. The fraction of sp³-hybridized carbons (Fsp3) is 0.600. The van der Waals surface area contributed by atoms with Crippen LogP contribution in [0.2, 0.25) is 0 Å². The summed E-state index contributed by atoms with van der Waals surface area (Å²) in [6, 6.07) is 6.82. The molecule has 1 aromatic rings. The molecule has 0 aliphatic heterocycles. The van der Waals surface area contributed by atoms with Gasteiger partial charge >= 0.3 is 0 Å². The molecule has 0 spiro atoms. The topological polar surface area (TPSA) is 26.0 Å². The highest BCUT2D eigenvalue weighted by atomic mass is 14.6. The largest absolute Gasteiger partial charge is 0.330 e. The van der Waals surface area contributed by atoms with Crippen molar-refractivity contribution in [2.75, 3.05) is 6.54 Å². The maximum absolute atomic E-state index is 5.96. The van der Waals surface area contributed by atoms with Gasteiger partial charge in [0.2, 0.25) is 0 Å². The van der Waals surface area contributed by atoms with Crippen LogP contribution in [-0.2, 0) is 0 Å². The van der Waals surface area contributed by atoms with Gasteiger partial charge in [-0.1, -0.05) is 56.0 Å². The molecule has 16 heavy (non-hydrogen) atoms. The lowest BCUT2D eigenvalue weighted by Crippen LogP contribution is -2.21. The lowest BCUT2D eigenvalue weighted by Gasteiger charge is -2.25. The van der Waals surface area contributed by atoms with Crippen LogP contribution in [0.5, 0.6) is 0 Å². The normalized spacial score (nSPS) is 13.1. The smallest absolute Gasteiger partial charge is 0.000556 e. The van der Waals surface area contributed by atoms with Crippen molar-refractivity contribution in [2.45, 2.75) is 46.5 Å². The highest BCUT2D eigenvalue weighted by molar-refractivity contribution is 5.31. The van der Waals surface area contributed by atoms with E-state index in [2.05, 4.69) is 45.9 Å². The molecular weight excluding hydrogens is 194 g/mol. The maximum atomic E-state index is 5.96. The Labute approximate surface area is 100 Å². The quantitative estimate of drug-likeness (QED) is 0.801. The van der Waals surface area contributed by atoms with E-state index in [0.717, 1.165) is 6.54 Å². The Morgan fingerprint density at radius 1 is 1.00 bits per heavy atom. The van der Waals surface area contributed by atoms with Gasteiger partial charge in [0.05, 0.1) is 0 Å². The Bertz CT molecular complexity index is 306. The summed E-state index contributed by atoms with van der Waals surface area (Å²) in [5.74, 6) is 1.24. The van der Waals surface area contributed by atoms with Gasteiger partial charge in [-0.2, -0.15) is 0 Å². The first kappa shape index (κ1) is 13.2. The van der Waals surface area contributed by atoms with E-state index in [1.165, 1.54) is 29.5 Å². The van der Waals surface area contributed by atoms with Crippen molar-refractivity contribution in [3.8, 4) is 0 Å². The van der Waals surface area contributed by atoms with Gasteiger partial charge in [-0.05, 0) is 37.8 Å². The molecule has 0 radical (unpaired) electrons. The molecule has 0 saturated carbocycles. The van der Waals surface area contributed by atoms with Gasteiger partial charge < -0.3 is 5.73 Å². The summed E-state index contributed by atoms with van der Waals surface area (Å²) in [5.41, 5.74) is 10.1. The number of hydrogen-bond donors (Lipinski definition) is 1. The molecule has 90 valence electrons. The third-order valence-electron chi connectivity index (χ3n) is 3.54. The summed E-state index contributed by atoms with van der Waals surface area (Å²) in [7, 11) is 0. The van der Waals surface area contributed by atoms with Crippen molar-refractivity contribution in [3.05, 3.63) is 34.9 Å². The first-order chi connectivity index (χ1) is 7.62. The summed E-state index contributed by atoms with van der Waals surface area (Å²) in [4.78, 5) is 0. The van der Waals surface area contributed by atoms with E-state index in [9.17, 15) is 0 Å². The van der Waals surface area contributed by atoms with Crippen molar-refractivity contribution >= 4 is 0 Å². The first-order valence-electron chi connectivity index (χ1n) is 6.40. The molecule has 1 rings (SSSR count). The van der Waals surface area contributed by atoms with Gasteiger partial charge in [-0.25, -0.2) is 0 Å². The van der Waals surface area contributed by atoms with Crippen LogP contribution in [0.1, 0.15) is 49.3 Å². The second kappa shape index (κ2) is 6.05. The van der Waals surface area contributed by atoms with Crippen LogP contribution in [-0.4, -0.2) is 6.54 Å². The number of hydrogen-bond acceptors (Lipinski definition) is 1. The highest BCUT2D eigenvalue weighted by Gasteiger charge is 2.19. The number of aryl methyl sites for hydroxylation is 2. The molecule has 0 aromatic heterocycles. The average molecular weight is 219 g/mol. The van der Waals surface area contributed by atoms with Crippen molar-refractivity contribution < 1.29 is 0 Å². The molecule has 1 heteroatoms. The Morgan fingerprint density at radius 3 is 1.88 bits per heavy atom. The molecule has 0 heterocycles. The summed E-state index contributed by atoms with van der Waals surface area (Å²) in [5, 5.41) is 0. The molecule has 1 nitrogen and oxygen atoms in total. The maximum Gasteiger partial charge on any atom is -0.000556 e. The minimum absolute atomic E-state index is 0.522. The van der Waals surface area contributed by atoms with Gasteiger partial charge in [0.1, 0.15) is 0 Å². The van der Waals surface area contributed by atoms with Crippen LogP contribution in [0, 0.1) is 19.8 Å². The second-order valence-corrected chi connectivity index (χ2v) is 4.84. The Kier molecular flexibility index (Phi) is 5.01. The van der Waals surface area contributed by atoms with Gasteiger partial charge in [0.15, 0.2) is 0 Å². The molecular formula is C15H25N. The third kappa shape index (κ3) is 3.08.